The lowest BCUT2D eigenvalue weighted by Crippen LogP contribution is -2.24. The van der Waals surface area contributed by atoms with Crippen molar-refractivity contribution >= 4 is 22.7 Å². The number of rotatable bonds is 6. The first kappa shape index (κ1) is 17.5. The quantitative estimate of drug-likeness (QED) is 0.541. The van der Waals surface area contributed by atoms with Crippen LogP contribution < -0.4 is 9.47 Å². The number of ketones is 1. The number of methoxy groups -OCH3 is 2. The predicted molar refractivity (Wildman–Crippen MR) is 97.1 cm³/mol. The minimum Gasteiger partial charge on any atom is -0.497 e. The van der Waals surface area contributed by atoms with E-state index in [1.54, 1.807) is 56.5 Å². The van der Waals surface area contributed by atoms with E-state index in [1.807, 2.05) is 6.07 Å². The molecule has 1 aromatic heterocycles. The molecule has 0 aliphatic carbocycles. The Balaban J connectivity index is 1.82. The zero-order chi connectivity index (χ0) is 18.7. The molecule has 1 N–H and O–H groups in total. The molecule has 3 rings (SSSR count). The number of hydrogen-bond acceptors (Lipinski definition) is 5. The number of aromatic nitrogens is 1. The number of Topliss-reactive ketones (excluding diaryl/α,β-unsaturated/α-hetero) is 1. The average Bonchev–Trinajstić information content (AvgIpc) is 3.11. The van der Waals surface area contributed by atoms with Crippen molar-refractivity contribution in [2.45, 2.75) is 13.0 Å². The SMILES string of the molecule is COc1cc(OC)c2[nH]c(C(=O)O[C@H](C)C(=O)c3ccccc3)cc2c1. The smallest absolute Gasteiger partial charge is 0.355 e. The van der Waals surface area contributed by atoms with Crippen LogP contribution in [0, 0.1) is 0 Å². The van der Waals surface area contributed by atoms with Crippen LogP contribution in [0.15, 0.2) is 48.5 Å². The van der Waals surface area contributed by atoms with Gasteiger partial charge in [-0.15, -0.1) is 0 Å². The third-order valence-electron chi connectivity index (χ3n) is 4.05. The van der Waals surface area contributed by atoms with E-state index in [0.717, 1.165) is 5.39 Å². The van der Waals surface area contributed by atoms with Gasteiger partial charge in [-0.3, -0.25) is 4.79 Å². The van der Waals surface area contributed by atoms with Crippen molar-refractivity contribution in [1.82, 2.24) is 4.98 Å². The highest BCUT2D eigenvalue weighted by Gasteiger charge is 2.22. The molecule has 1 heterocycles. The second-order valence-electron chi connectivity index (χ2n) is 5.75. The first-order chi connectivity index (χ1) is 12.5. The number of ether oxygens (including phenoxy) is 3. The highest BCUT2D eigenvalue weighted by atomic mass is 16.5. The first-order valence-electron chi connectivity index (χ1n) is 8.08. The molecular formula is C20H19NO5. The summed E-state index contributed by atoms with van der Waals surface area (Å²) in [5.41, 5.74) is 1.39. The molecule has 0 amide bonds. The van der Waals surface area contributed by atoms with E-state index in [9.17, 15) is 9.59 Å². The summed E-state index contributed by atoms with van der Waals surface area (Å²) in [4.78, 5) is 27.8. The summed E-state index contributed by atoms with van der Waals surface area (Å²) in [7, 11) is 3.09. The van der Waals surface area contributed by atoms with Crippen molar-refractivity contribution in [3.8, 4) is 11.5 Å². The molecule has 134 valence electrons. The van der Waals surface area contributed by atoms with Gasteiger partial charge in [0.2, 0.25) is 5.78 Å². The molecule has 0 spiro atoms. The maximum Gasteiger partial charge on any atom is 0.355 e. The number of carbonyl (C=O) groups is 2. The number of esters is 1. The number of carbonyl (C=O) groups excluding carboxylic acids is 2. The molecule has 26 heavy (non-hydrogen) atoms. The van der Waals surface area contributed by atoms with Crippen LogP contribution in [0.5, 0.6) is 11.5 Å². The fraction of sp³-hybridized carbons (Fsp3) is 0.200. The number of nitrogens with one attached hydrogen (secondary N) is 1. The van der Waals surface area contributed by atoms with Crippen molar-refractivity contribution in [1.29, 1.82) is 0 Å². The zero-order valence-corrected chi connectivity index (χ0v) is 14.7. The highest BCUT2D eigenvalue weighted by Crippen LogP contribution is 2.31. The van der Waals surface area contributed by atoms with E-state index in [4.69, 9.17) is 14.2 Å². The summed E-state index contributed by atoms with van der Waals surface area (Å²) in [6.07, 6.45) is -0.896. The summed E-state index contributed by atoms with van der Waals surface area (Å²) in [6, 6.07) is 13.9. The Morgan fingerprint density at radius 2 is 1.73 bits per heavy atom. The third-order valence-corrected chi connectivity index (χ3v) is 4.05. The van der Waals surface area contributed by atoms with Crippen LogP contribution >= 0.6 is 0 Å². The average molecular weight is 353 g/mol. The summed E-state index contributed by atoms with van der Waals surface area (Å²) >= 11 is 0. The second-order valence-corrected chi connectivity index (χ2v) is 5.75. The number of aromatic amines is 1. The Kier molecular flexibility index (Phi) is 4.93. The van der Waals surface area contributed by atoms with Crippen molar-refractivity contribution in [2.24, 2.45) is 0 Å². The van der Waals surface area contributed by atoms with Crippen molar-refractivity contribution in [2.75, 3.05) is 14.2 Å². The predicted octanol–water partition coefficient (Wildman–Crippen LogP) is 3.61. The van der Waals surface area contributed by atoms with E-state index in [2.05, 4.69) is 4.98 Å². The number of hydrogen-bond donors (Lipinski definition) is 1. The molecule has 0 saturated carbocycles. The number of H-pyrrole nitrogens is 1. The molecule has 2 aromatic carbocycles. The molecule has 0 unspecified atom stereocenters. The second kappa shape index (κ2) is 7.31. The molecule has 6 nitrogen and oxygen atoms in total. The molecule has 0 bridgehead atoms. The summed E-state index contributed by atoms with van der Waals surface area (Å²) in [6.45, 7) is 1.56. The standard InChI is InChI=1S/C20H19NO5/c1-12(19(22)13-7-5-4-6-8-13)26-20(23)16-10-14-9-15(24-2)11-17(25-3)18(14)21-16/h4-12,21H,1-3H3/t12-/m1/s1. The van der Waals surface area contributed by atoms with E-state index in [0.29, 0.717) is 22.6 Å². The van der Waals surface area contributed by atoms with Crippen LogP contribution in [-0.2, 0) is 4.74 Å². The highest BCUT2D eigenvalue weighted by molar-refractivity contribution is 6.02. The van der Waals surface area contributed by atoms with Crippen LogP contribution in [-0.4, -0.2) is 37.1 Å². The van der Waals surface area contributed by atoms with Crippen molar-refractivity contribution in [3.05, 3.63) is 59.8 Å². The lowest BCUT2D eigenvalue weighted by molar-refractivity contribution is 0.0314. The van der Waals surface area contributed by atoms with E-state index in [1.165, 1.54) is 7.11 Å². The number of fused-ring (bicyclic) bond motifs is 1. The lowest BCUT2D eigenvalue weighted by atomic mass is 10.1. The van der Waals surface area contributed by atoms with Gasteiger partial charge in [-0.1, -0.05) is 30.3 Å². The van der Waals surface area contributed by atoms with Gasteiger partial charge in [-0.2, -0.15) is 0 Å². The van der Waals surface area contributed by atoms with Gasteiger partial charge >= 0.3 is 5.97 Å². The molecule has 0 saturated heterocycles. The van der Waals surface area contributed by atoms with Gasteiger partial charge in [-0.25, -0.2) is 4.79 Å². The van der Waals surface area contributed by atoms with Gasteiger partial charge in [0.15, 0.2) is 6.10 Å². The van der Waals surface area contributed by atoms with Crippen LogP contribution in [0.2, 0.25) is 0 Å². The van der Waals surface area contributed by atoms with Gasteiger partial charge in [0.1, 0.15) is 17.2 Å². The van der Waals surface area contributed by atoms with Gasteiger partial charge in [-0.05, 0) is 19.1 Å². The van der Waals surface area contributed by atoms with Crippen LogP contribution in [0.4, 0.5) is 0 Å². The number of benzene rings is 2. The molecule has 0 fully saturated rings. The Labute approximate surface area is 150 Å². The van der Waals surface area contributed by atoms with E-state index in [-0.39, 0.29) is 11.5 Å². The van der Waals surface area contributed by atoms with Crippen LogP contribution in [0.25, 0.3) is 10.9 Å². The fourth-order valence-corrected chi connectivity index (χ4v) is 2.69. The van der Waals surface area contributed by atoms with Crippen molar-refractivity contribution in [3.63, 3.8) is 0 Å². The van der Waals surface area contributed by atoms with Gasteiger partial charge in [0.25, 0.3) is 0 Å². The fourth-order valence-electron chi connectivity index (χ4n) is 2.69. The molecular weight excluding hydrogens is 334 g/mol. The Bertz CT molecular complexity index is 945. The normalized spacial score (nSPS) is 11.8. The maximum absolute atomic E-state index is 12.4. The maximum atomic E-state index is 12.4. The summed E-state index contributed by atoms with van der Waals surface area (Å²) < 4.78 is 15.9. The first-order valence-corrected chi connectivity index (χ1v) is 8.08. The van der Waals surface area contributed by atoms with Crippen LogP contribution in [0.3, 0.4) is 0 Å². The zero-order valence-electron chi connectivity index (χ0n) is 14.7. The Morgan fingerprint density at radius 3 is 2.38 bits per heavy atom. The molecule has 1 atom stereocenters. The third kappa shape index (κ3) is 3.39. The van der Waals surface area contributed by atoms with Crippen LogP contribution in [0.1, 0.15) is 27.8 Å². The largest absolute Gasteiger partial charge is 0.497 e. The molecule has 0 aliphatic rings. The van der Waals surface area contributed by atoms with E-state index >= 15 is 0 Å². The topological polar surface area (TPSA) is 77.6 Å². The monoisotopic (exact) mass is 353 g/mol. The van der Waals surface area contributed by atoms with E-state index < -0.39 is 12.1 Å². The molecule has 6 heteroatoms. The lowest BCUT2D eigenvalue weighted by Gasteiger charge is -2.11. The summed E-state index contributed by atoms with van der Waals surface area (Å²) in [5.74, 6) is 0.293. The molecule has 0 radical (unpaired) electrons. The Hall–Kier alpha value is -3.28. The Morgan fingerprint density at radius 1 is 1.00 bits per heavy atom. The van der Waals surface area contributed by atoms with Gasteiger partial charge < -0.3 is 19.2 Å². The molecule has 0 aliphatic heterocycles. The molecule has 3 aromatic rings. The van der Waals surface area contributed by atoms with Gasteiger partial charge in [0.05, 0.1) is 19.7 Å². The van der Waals surface area contributed by atoms with Gasteiger partial charge in [0, 0.05) is 17.0 Å². The minimum absolute atomic E-state index is 0.235. The minimum atomic E-state index is -0.896. The van der Waals surface area contributed by atoms with Crippen molar-refractivity contribution < 1.29 is 23.8 Å². The summed E-state index contributed by atoms with van der Waals surface area (Å²) in [5, 5.41) is 0.746.